The molecule has 0 aliphatic carbocycles. The van der Waals surface area contributed by atoms with Crippen molar-refractivity contribution in [1.29, 1.82) is 0 Å². The number of ether oxygens (including phenoxy) is 1. The molecule has 0 spiro atoms. The normalized spacial score (nSPS) is 19.3. The zero-order valence-corrected chi connectivity index (χ0v) is 16.4. The van der Waals surface area contributed by atoms with Gasteiger partial charge in [-0.25, -0.2) is 4.79 Å². The van der Waals surface area contributed by atoms with E-state index in [9.17, 15) is 14.7 Å². The second-order valence-corrected chi connectivity index (χ2v) is 7.06. The Morgan fingerprint density at radius 2 is 1.68 bits per heavy atom. The number of aryl methyl sites for hydroxylation is 1. The van der Waals surface area contributed by atoms with Crippen LogP contribution in [0.5, 0.6) is 0 Å². The van der Waals surface area contributed by atoms with Crippen molar-refractivity contribution in [3.63, 3.8) is 0 Å². The first kappa shape index (κ1) is 19.8. The molecular weight excluding hydrogens is 354 g/mol. The monoisotopic (exact) mass is 379 g/mol. The third kappa shape index (κ3) is 3.71. The molecule has 0 saturated carbocycles. The maximum Gasteiger partial charge on any atom is 0.343 e. The summed E-state index contributed by atoms with van der Waals surface area (Å²) in [6, 6.07) is 17.2. The molecule has 5 heteroatoms. The van der Waals surface area contributed by atoms with Gasteiger partial charge in [-0.15, -0.1) is 0 Å². The van der Waals surface area contributed by atoms with Crippen molar-refractivity contribution in [3.05, 3.63) is 82.6 Å². The van der Waals surface area contributed by atoms with Crippen molar-refractivity contribution in [3.8, 4) is 0 Å². The van der Waals surface area contributed by atoms with Gasteiger partial charge >= 0.3 is 5.97 Å². The fraction of sp³-hybridized carbons (Fsp3) is 0.304. The fourth-order valence-corrected chi connectivity index (χ4v) is 3.52. The Morgan fingerprint density at radius 1 is 1.04 bits per heavy atom. The van der Waals surface area contributed by atoms with E-state index in [0.29, 0.717) is 12.2 Å². The van der Waals surface area contributed by atoms with Gasteiger partial charge in [-0.2, -0.15) is 0 Å². The van der Waals surface area contributed by atoms with Gasteiger partial charge in [0, 0.05) is 18.7 Å². The molecule has 1 unspecified atom stereocenters. The lowest BCUT2D eigenvalue weighted by Crippen LogP contribution is -2.51. The highest BCUT2D eigenvalue weighted by molar-refractivity contribution is 6.22. The summed E-state index contributed by atoms with van der Waals surface area (Å²) in [6.07, 6.45) is 0.0825. The van der Waals surface area contributed by atoms with Gasteiger partial charge in [0.1, 0.15) is 5.57 Å². The molecular formula is C23H25NO4. The molecule has 0 bridgehead atoms. The van der Waals surface area contributed by atoms with Crippen LogP contribution in [0.2, 0.25) is 0 Å². The molecule has 2 aromatic rings. The molecule has 5 nitrogen and oxygen atoms in total. The molecule has 1 heterocycles. The van der Waals surface area contributed by atoms with Gasteiger partial charge in [-0.1, -0.05) is 60.2 Å². The van der Waals surface area contributed by atoms with Gasteiger partial charge in [0.2, 0.25) is 11.5 Å². The largest absolute Gasteiger partial charge is 0.462 e. The topological polar surface area (TPSA) is 66.8 Å². The van der Waals surface area contributed by atoms with Crippen molar-refractivity contribution < 1.29 is 19.4 Å². The summed E-state index contributed by atoms with van der Waals surface area (Å²) in [5.74, 6) is -1.30. The summed E-state index contributed by atoms with van der Waals surface area (Å²) in [5.41, 5.74) is 1.36. The number of esters is 1. The minimum Gasteiger partial charge on any atom is -0.462 e. The molecule has 0 radical (unpaired) electrons. The van der Waals surface area contributed by atoms with Crippen LogP contribution in [0.3, 0.4) is 0 Å². The highest BCUT2D eigenvalue weighted by Crippen LogP contribution is 2.37. The summed E-state index contributed by atoms with van der Waals surface area (Å²) < 4.78 is 5.07. The number of nitrogens with zero attached hydrogens (tertiary/aromatic N) is 1. The second-order valence-electron chi connectivity index (χ2n) is 7.06. The number of carbonyl (C=O) groups excluding carboxylic acids is 2. The van der Waals surface area contributed by atoms with Crippen molar-refractivity contribution in [2.75, 3.05) is 6.61 Å². The zero-order valence-electron chi connectivity index (χ0n) is 16.4. The lowest BCUT2D eigenvalue weighted by atomic mass is 9.95. The van der Waals surface area contributed by atoms with E-state index in [1.54, 1.807) is 18.7 Å². The van der Waals surface area contributed by atoms with Gasteiger partial charge in [0.05, 0.1) is 6.61 Å². The number of ketones is 1. The van der Waals surface area contributed by atoms with Crippen LogP contribution in [0.15, 0.2) is 65.9 Å². The van der Waals surface area contributed by atoms with E-state index in [-0.39, 0.29) is 18.6 Å². The number of benzene rings is 2. The van der Waals surface area contributed by atoms with E-state index in [4.69, 9.17) is 4.74 Å². The lowest BCUT2D eigenvalue weighted by molar-refractivity contribution is -0.151. The average Bonchev–Trinajstić information content (AvgIpc) is 2.85. The van der Waals surface area contributed by atoms with Crippen LogP contribution >= 0.6 is 0 Å². The van der Waals surface area contributed by atoms with Gasteiger partial charge in [-0.05, 0) is 31.9 Å². The predicted molar refractivity (Wildman–Crippen MR) is 106 cm³/mol. The summed E-state index contributed by atoms with van der Waals surface area (Å²) in [6.45, 7) is 5.82. The predicted octanol–water partition coefficient (Wildman–Crippen LogP) is 3.15. The minimum atomic E-state index is -1.84. The van der Waals surface area contributed by atoms with Crippen molar-refractivity contribution in [1.82, 2.24) is 4.90 Å². The molecule has 2 aromatic carbocycles. The molecule has 1 N–H and O–H groups in total. The first-order chi connectivity index (χ1) is 13.4. The molecule has 0 amide bonds. The third-order valence-electron chi connectivity index (χ3n) is 5.04. The smallest absolute Gasteiger partial charge is 0.343 e. The molecule has 0 saturated heterocycles. The Balaban J connectivity index is 2.01. The van der Waals surface area contributed by atoms with Crippen LogP contribution in [-0.2, 0) is 27.3 Å². The maximum absolute atomic E-state index is 13.2. The molecule has 1 atom stereocenters. The molecule has 3 rings (SSSR count). The summed E-state index contributed by atoms with van der Waals surface area (Å²) in [5, 5.41) is 11.5. The summed E-state index contributed by atoms with van der Waals surface area (Å²) in [4.78, 5) is 27.2. The Morgan fingerprint density at radius 3 is 2.29 bits per heavy atom. The standard InChI is InChI=1S/C23H25NO4/c1-4-28-22(26)20-17(3)24(15-19-8-6-5-7-9-19)23(27,21(20)25)14-18-12-10-16(2)11-13-18/h5-13,27H,4,14-15H2,1-3H3. The van der Waals surface area contributed by atoms with Crippen molar-refractivity contribution >= 4 is 11.8 Å². The van der Waals surface area contributed by atoms with E-state index in [2.05, 4.69) is 0 Å². The number of aliphatic hydroxyl groups is 1. The molecule has 1 aliphatic rings. The number of carbonyl (C=O) groups is 2. The number of allylic oxidation sites excluding steroid dienone is 1. The number of hydrogen-bond donors (Lipinski definition) is 1. The molecule has 146 valence electrons. The zero-order chi connectivity index (χ0) is 20.3. The van der Waals surface area contributed by atoms with Crippen LogP contribution in [0.4, 0.5) is 0 Å². The van der Waals surface area contributed by atoms with E-state index >= 15 is 0 Å². The minimum absolute atomic E-state index is 0.0765. The van der Waals surface area contributed by atoms with Crippen LogP contribution in [0, 0.1) is 6.92 Å². The van der Waals surface area contributed by atoms with Gasteiger partial charge in [-0.3, -0.25) is 4.79 Å². The molecule has 1 aliphatic heterocycles. The second kappa shape index (κ2) is 7.98. The van der Waals surface area contributed by atoms with Gasteiger partial charge < -0.3 is 14.7 Å². The van der Waals surface area contributed by atoms with E-state index in [1.807, 2.05) is 61.5 Å². The fourth-order valence-electron chi connectivity index (χ4n) is 3.52. The number of rotatable bonds is 6. The quantitative estimate of drug-likeness (QED) is 0.617. The number of Topliss-reactive ketones (excluding diaryl/α,β-unsaturated/α-hetero) is 1. The molecule has 0 aromatic heterocycles. The summed E-state index contributed by atoms with van der Waals surface area (Å²) >= 11 is 0. The summed E-state index contributed by atoms with van der Waals surface area (Å²) in [7, 11) is 0. The first-order valence-corrected chi connectivity index (χ1v) is 9.39. The van der Waals surface area contributed by atoms with E-state index < -0.39 is 17.5 Å². The third-order valence-corrected chi connectivity index (χ3v) is 5.04. The Labute approximate surface area is 165 Å². The number of hydrogen-bond acceptors (Lipinski definition) is 5. The van der Waals surface area contributed by atoms with Crippen molar-refractivity contribution in [2.24, 2.45) is 0 Å². The van der Waals surface area contributed by atoms with Crippen LogP contribution in [0.25, 0.3) is 0 Å². The highest BCUT2D eigenvalue weighted by atomic mass is 16.5. The SMILES string of the molecule is CCOC(=O)C1=C(C)N(Cc2ccccc2)C(O)(Cc2ccc(C)cc2)C1=O. The Bertz CT molecular complexity index is 902. The van der Waals surface area contributed by atoms with E-state index in [1.165, 1.54) is 0 Å². The Kier molecular flexibility index (Phi) is 5.66. The van der Waals surface area contributed by atoms with Crippen LogP contribution in [0.1, 0.15) is 30.5 Å². The first-order valence-electron chi connectivity index (χ1n) is 9.39. The van der Waals surface area contributed by atoms with Gasteiger partial charge in [0.25, 0.3) is 0 Å². The maximum atomic E-state index is 13.2. The lowest BCUT2D eigenvalue weighted by Gasteiger charge is -2.35. The molecule has 28 heavy (non-hydrogen) atoms. The van der Waals surface area contributed by atoms with Crippen molar-refractivity contribution in [2.45, 2.75) is 39.5 Å². The van der Waals surface area contributed by atoms with Crippen LogP contribution in [-0.4, -0.2) is 34.1 Å². The van der Waals surface area contributed by atoms with Crippen LogP contribution < -0.4 is 0 Å². The Hall–Kier alpha value is -2.92. The molecule has 0 fully saturated rings. The average molecular weight is 379 g/mol. The highest BCUT2D eigenvalue weighted by Gasteiger charge is 2.52. The van der Waals surface area contributed by atoms with Gasteiger partial charge in [0.15, 0.2) is 0 Å². The van der Waals surface area contributed by atoms with E-state index in [0.717, 1.165) is 16.7 Å².